The molecule has 104 valence electrons. The molecule has 1 N–H and O–H groups in total. The van der Waals surface area contributed by atoms with Crippen LogP contribution in [-0.4, -0.2) is 59.1 Å². The first-order valence-corrected chi connectivity index (χ1v) is 7.42. The van der Waals surface area contributed by atoms with Crippen LogP contribution in [0.15, 0.2) is 0 Å². The van der Waals surface area contributed by atoms with Crippen LogP contribution in [0.4, 0.5) is 0 Å². The topological polar surface area (TPSA) is 43.8 Å². The Labute approximate surface area is 110 Å². The average molecular weight is 254 g/mol. The van der Waals surface area contributed by atoms with Crippen LogP contribution in [0, 0.1) is 0 Å². The summed E-state index contributed by atoms with van der Waals surface area (Å²) in [6.45, 7) is 5.58. The second-order valence-electron chi connectivity index (χ2n) is 5.54. The van der Waals surface area contributed by atoms with E-state index in [1.54, 1.807) is 0 Å². The van der Waals surface area contributed by atoms with Crippen LogP contribution in [0.25, 0.3) is 0 Å². The molecule has 2 atom stereocenters. The van der Waals surface area contributed by atoms with Crippen molar-refractivity contribution in [1.29, 1.82) is 0 Å². The van der Waals surface area contributed by atoms with Gasteiger partial charge in [0.1, 0.15) is 0 Å². The third-order valence-corrected chi connectivity index (χ3v) is 4.35. The van der Waals surface area contributed by atoms with Crippen LogP contribution in [0.1, 0.15) is 45.4 Å². The van der Waals surface area contributed by atoms with Gasteiger partial charge in [0, 0.05) is 38.6 Å². The van der Waals surface area contributed by atoms with Gasteiger partial charge in [-0.25, -0.2) is 0 Å². The maximum Gasteiger partial charge on any atom is 0.222 e. The Morgan fingerprint density at radius 1 is 1.11 bits per heavy atom. The van der Waals surface area contributed by atoms with Gasteiger partial charge in [0.25, 0.3) is 0 Å². The zero-order valence-corrected chi connectivity index (χ0v) is 11.5. The van der Waals surface area contributed by atoms with Crippen molar-refractivity contribution in [1.82, 2.24) is 9.80 Å². The second kappa shape index (κ2) is 6.53. The molecule has 2 aliphatic rings. The highest BCUT2D eigenvalue weighted by Crippen LogP contribution is 2.24. The number of nitrogens with zero attached hydrogens (tertiary/aromatic N) is 2. The quantitative estimate of drug-likeness (QED) is 0.806. The van der Waals surface area contributed by atoms with E-state index in [1.807, 2.05) is 11.8 Å². The molecule has 0 radical (unpaired) electrons. The molecule has 0 spiro atoms. The monoisotopic (exact) mass is 254 g/mol. The van der Waals surface area contributed by atoms with E-state index in [1.165, 1.54) is 6.42 Å². The molecule has 0 aromatic rings. The van der Waals surface area contributed by atoms with Gasteiger partial charge in [-0.15, -0.1) is 0 Å². The Morgan fingerprint density at radius 2 is 1.89 bits per heavy atom. The number of carbonyl (C=O) groups excluding carboxylic acids is 1. The molecule has 2 unspecified atom stereocenters. The first-order valence-electron chi connectivity index (χ1n) is 7.42. The van der Waals surface area contributed by atoms with Crippen molar-refractivity contribution in [2.75, 3.05) is 26.2 Å². The van der Waals surface area contributed by atoms with Crippen LogP contribution in [0.2, 0.25) is 0 Å². The van der Waals surface area contributed by atoms with E-state index < -0.39 is 0 Å². The minimum absolute atomic E-state index is 0.160. The Hall–Kier alpha value is -0.610. The summed E-state index contributed by atoms with van der Waals surface area (Å²) >= 11 is 0. The molecule has 1 heterocycles. The summed E-state index contributed by atoms with van der Waals surface area (Å²) in [6.07, 6.45) is 5.93. The molecule has 1 saturated heterocycles. The van der Waals surface area contributed by atoms with Gasteiger partial charge in [0.2, 0.25) is 5.91 Å². The summed E-state index contributed by atoms with van der Waals surface area (Å²) in [5, 5.41) is 10.1. The second-order valence-corrected chi connectivity index (χ2v) is 5.54. The fraction of sp³-hybridized carbons (Fsp3) is 0.929. The lowest BCUT2D eigenvalue weighted by Gasteiger charge is -2.37. The van der Waals surface area contributed by atoms with Crippen molar-refractivity contribution in [2.45, 2.75) is 57.6 Å². The van der Waals surface area contributed by atoms with E-state index in [-0.39, 0.29) is 12.0 Å². The van der Waals surface area contributed by atoms with Crippen LogP contribution in [0.5, 0.6) is 0 Å². The summed E-state index contributed by atoms with van der Waals surface area (Å²) in [5.74, 6) is 0.265. The van der Waals surface area contributed by atoms with E-state index in [2.05, 4.69) is 4.90 Å². The highest BCUT2D eigenvalue weighted by molar-refractivity contribution is 5.75. The first kappa shape index (κ1) is 13.8. The summed E-state index contributed by atoms with van der Waals surface area (Å²) in [5.41, 5.74) is 0. The lowest BCUT2D eigenvalue weighted by molar-refractivity contribution is -0.130. The lowest BCUT2D eigenvalue weighted by atomic mass is 9.91. The van der Waals surface area contributed by atoms with Crippen LogP contribution < -0.4 is 0 Å². The van der Waals surface area contributed by atoms with Crippen molar-refractivity contribution in [3.63, 3.8) is 0 Å². The number of amides is 1. The van der Waals surface area contributed by atoms with Gasteiger partial charge in [0.15, 0.2) is 0 Å². The summed E-state index contributed by atoms with van der Waals surface area (Å²) in [4.78, 5) is 16.1. The smallest absolute Gasteiger partial charge is 0.222 e. The standard InChI is InChI=1S/C14H26N2O2/c1-2-14(18)16-9-5-8-15(10-11-16)12-6-3-4-7-13(12)17/h12-13,17H,2-11H2,1H3. The molecule has 2 rings (SSSR count). The number of rotatable bonds is 2. The van der Waals surface area contributed by atoms with E-state index >= 15 is 0 Å². The fourth-order valence-electron chi connectivity index (χ4n) is 3.26. The molecule has 2 fully saturated rings. The van der Waals surface area contributed by atoms with Crippen molar-refractivity contribution >= 4 is 5.91 Å². The largest absolute Gasteiger partial charge is 0.391 e. The molecule has 1 amide bonds. The van der Waals surface area contributed by atoms with Gasteiger partial charge in [0.05, 0.1) is 6.10 Å². The van der Waals surface area contributed by atoms with Crippen molar-refractivity contribution in [2.24, 2.45) is 0 Å². The summed E-state index contributed by atoms with van der Waals surface area (Å²) in [6, 6.07) is 0.329. The van der Waals surface area contributed by atoms with Gasteiger partial charge >= 0.3 is 0 Å². The van der Waals surface area contributed by atoms with E-state index in [0.29, 0.717) is 12.5 Å². The summed E-state index contributed by atoms with van der Waals surface area (Å²) < 4.78 is 0. The van der Waals surface area contributed by atoms with E-state index in [4.69, 9.17) is 0 Å². The molecule has 1 aliphatic carbocycles. The minimum atomic E-state index is -0.160. The summed E-state index contributed by atoms with van der Waals surface area (Å²) in [7, 11) is 0. The number of aliphatic hydroxyl groups excluding tert-OH is 1. The van der Waals surface area contributed by atoms with Gasteiger partial charge < -0.3 is 10.0 Å². The van der Waals surface area contributed by atoms with Crippen molar-refractivity contribution in [3.05, 3.63) is 0 Å². The van der Waals surface area contributed by atoms with Gasteiger partial charge in [-0.05, 0) is 19.3 Å². The molecular formula is C14H26N2O2. The molecule has 4 nitrogen and oxygen atoms in total. The number of hydrogen-bond acceptors (Lipinski definition) is 3. The predicted octanol–water partition coefficient (Wildman–Crippen LogP) is 1.23. The zero-order valence-electron chi connectivity index (χ0n) is 11.5. The van der Waals surface area contributed by atoms with Gasteiger partial charge in [-0.1, -0.05) is 19.8 Å². The van der Waals surface area contributed by atoms with Crippen LogP contribution in [0.3, 0.4) is 0 Å². The Balaban J connectivity index is 1.90. The predicted molar refractivity (Wildman–Crippen MR) is 71.3 cm³/mol. The SMILES string of the molecule is CCC(=O)N1CCCN(C2CCCCC2O)CC1. The fourth-order valence-corrected chi connectivity index (χ4v) is 3.26. The Morgan fingerprint density at radius 3 is 2.61 bits per heavy atom. The number of hydrogen-bond donors (Lipinski definition) is 1. The molecule has 0 bridgehead atoms. The van der Waals surface area contributed by atoms with Crippen molar-refractivity contribution in [3.8, 4) is 0 Å². The molecule has 4 heteroatoms. The third-order valence-electron chi connectivity index (χ3n) is 4.35. The highest BCUT2D eigenvalue weighted by atomic mass is 16.3. The van der Waals surface area contributed by atoms with Gasteiger partial charge in [-0.3, -0.25) is 9.69 Å². The third kappa shape index (κ3) is 3.23. The van der Waals surface area contributed by atoms with Crippen molar-refractivity contribution < 1.29 is 9.90 Å². The maximum atomic E-state index is 11.7. The lowest BCUT2D eigenvalue weighted by Crippen LogP contribution is -2.47. The maximum absolute atomic E-state index is 11.7. The van der Waals surface area contributed by atoms with E-state index in [9.17, 15) is 9.90 Å². The molecule has 1 aliphatic heterocycles. The molecule has 18 heavy (non-hydrogen) atoms. The van der Waals surface area contributed by atoms with E-state index in [0.717, 1.165) is 51.9 Å². The van der Waals surface area contributed by atoms with Gasteiger partial charge in [-0.2, -0.15) is 0 Å². The molecule has 0 aromatic carbocycles. The highest BCUT2D eigenvalue weighted by Gasteiger charge is 2.30. The first-order chi connectivity index (χ1) is 8.72. The number of aliphatic hydroxyl groups is 1. The Bertz CT molecular complexity index is 283. The average Bonchev–Trinajstić information content (AvgIpc) is 2.64. The molecule has 0 aromatic heterocycles. The zero-order chi connectivity index (χ0) is 13.0. The molecular weight excluding hydrogens is 228 g/mol. The normalized spacial score (nSPS) is 31.1. The molecule has 1 saturated carbocycles. The minimum Gasteiger partial charge on any atom is -0.391 e. The van der Waals surface area contributed by atoms with Crippen LogP contribution in [-0.2, 0) is 4.79 Å². The number of carbonyl (C=O) groups is 1. The Kier molecular flexibility index (Phi) is 5.01. The van der Waals surface area contributed by atoms with Crippen LogP contribution >= 0.6 is 0 Å².